The highest BCUT2D eigenvalue weighted by Crippen LogP contribution is 2.27. The summed E-state index contributed by atoms with van der Waals surface area (Å²) < 4.78 is 0. The van der Waals surface area contributed by atoms with E-state index in [2.05, 4.69) is 42.5 Å². The highest BCUT2D eigenvalue weighted by Gasteiger charge is 2.25. The van der Waals surface area contributed by atoms with Gasteiger partial charge in [0.25, 0.3) is 5.91 Å². The van der Waals surface area contributed by atoms with Crippen LogP contribution in [0.2, 0.25) is 0 Å². The Bertz CT molecular complexity index is 880. The topological polar surface area (TPSA) is 20.3 Å². The van der Waals surface area contributed by atoms with Gasteiger partial charge in [-0.15, -0.1) is 0 Å². The van der Waals surface area contributed by atoms with Crippen LogP contribution in [-0.4, -0.2) is 23.9 Å². The summed E-state index contributed by atoms with van der Waals surface area (Å²) in [6.45, 7) is 1.69. The fourth-order valence-corrected chi connectivity index (χ4v) is 4.00. The molecular formula is C25H25NO. The second-order valence-corrected chi connectivity index (χ2v) is 7.34. The molecule has 0 saturated carbocycles. The molecule has 0 unspecified atom stereocenters. The number of piperidine rings is 1. The summed E-state index contributed by atoms with van der Waals surface area (Å²) >= 11 is 0. The SMILES string of the molecule is O=C(c1ccccc1-c1ccccc1)N1CCC(Cc2ccccc2)CC1. The summed E-state index contributed by atoms with van der Waals surface area (Å²) in [5.74, 6) is 0.827. The van der Waals surface area contributed by atoms with Crippen LogP contribution < -0.4 is 0 Å². The van der Waals surface area contributed by atoms with Crippen LogP contribution in [0.25, 0.3) is 11.1 Å². The van der Waals surface area contributed by atoms with Gasteiger partial charge in [-0.25, -0.2) is 0 Å². The molecule has 0 atom stereocenters. The smallest absolute Gasteiger partial charge is 0.254 e. The molecule has 0 spiro atoms. The summed E-state index contributed by atoms with van der Waals surface area (Å²) in [4.78, 5) is 15.2. The number of hydrogen-bond donors (Lipinski definition) is 0. The van der Waals surface area contributed by atoms with E-state index in [4.69, 9.17) is 0 Å². The lowest BCUT2D eigenvalue weighted by Gasteiger charge is -2.32. The average molecular weight is 355 g/mol. The molecule has 27 heavy (non-hydrogen) atoms. The molecule has 0 aliphatic carbocycles. The van der Waals surface area contributed by atoms with Gasteiger partial charge < -0.3 is 4.90 Å². The van der Waals surface area contributed by atoms with Gasteiger partial charge >= 0.3 is 0 Å². The molecule has 3 aromatic rings. The molecule has 1 heterocycles. The van der Waals surface area contributed by atoms with Crippen LogP contribution in [0.15, 0.2) is 84.9 Å². The van der Waals surface area contributed by atoms with Crippen LogP contribution in [0, 0.1) is 5.92 Å². The molecule has 1 aliphatic rings. The van der Waals surface area contributed by atoms with E-state index >= 15 is 0 Å². The molecule has 1 amide bonds. The maximum absolute atomic E-state index is 13.2. The quantitative estimate of drug-likeness (QED) is 0.609. The Hall–Kier alpha value is -2.87. The van der Waals surface area contributed by atoms with Crippen molar-refractivity contribution in [1.29, 1.82) is 0 Å². The van der Waals surface area contributed by atoms with E-state index in [-0.39, 0.29) is 5.91 Å². The van der Waals surface area contributed by atoms with E-state index in [0.29, 0.717) is 5.92 Å². The van der Waals surface area contributed by atoms with Crippen molar-refractivity contribution in [3.8, 4) is 11.1 Å². The molecule has 1 aliphatic heterocycles. The molecule has 3 aromatic carbocycles. The zero-order valence-corrected chi connectivity index (χ0v) is 15.6. The largest absolute Gasteiger partial charge is 0.339 e. The molecule has 0 N–H and O–H groups in total. The van der Waals surface area contributed by atoms with Gasteiger partial charge in [-0.05, 0) is 47.9 Å². The Kier molecular flexibility index (Phi) is 5.34. The number of nitrogens with zero attached hydrogens (tertiary/aromatic N) is 1. The van der Waals surface area contributed by atoms with Gasteiger partial charge in [0, 0.05) is 18.7 Å². The number of likely N-dealkylation sites (tertiary alicyclic amines) is 1. The third-order valence-electron chi connectivity index (χ3n) is 5.51. The Labute approximate surface area is 161 Å². The summed E-state index contributed by atoms with van der Waals surface area (Å²) in [5.41, 5.74) is 4.33. The van der Waals surface area contributed by atoms with E-state index in [9.17, 15) is 4.79 Å². The molecule has 2 nitrogen and oxygen atoms in total. The van der Waals surface area contributed by atoms with Crippen molar-refractivity contribution in [3.05, 3.63) is 96.1 Å². The Morgan fingerprint density at radius 1 is 0.778 bits per heavy atom. The van der Waals surface area contributed by atoms with E-state index in [1.807, 2.05) is 47.4 Å². The second-order valence-electron chi connectivity index (χ2n) is 7.34. The second kappa shape index (κ2) is 8.22. The predicted octanol–water partition coefficient (Wildman–Crippen LogP) is 5.45. The van der Waals surface area contributed by atoms with Crippen LogP contribution in [0.3, 0.4) is 0 Å². The van der Waals surface area contributed by atoms with Crippen molar-refractivity contribution >= 4 is 5.91 Å². The van der Waals surface area contributed by atoms with Crippen molar-refractivity contribution in [1.82, 2.24) is 4.90 Å². The minimum absolute atomic E-state index is 0.160. The maximum atomic E-state index is 13.2. The van der Waals surface area contributed by atoms with Gasteiger partial charge in [0.05, 0.1) is 0 Å². The number of rotatable bonds is 4. The minimum Gasteiger partial charge on any atom is -0.339 e. The van der Waals surface area contributed by atoms with Gasteiger partial charge in [0.2, 0.25) is 0 Å². The molecule has 1 fully saturated rings. The zero-order valence-electron chi connectivity index (χ0n) is 15.6. The molecule has 0 aromatic heterocycles. The summed E-state index contributed by atoms with van der Waals surface area (Å²) in [7, 11) is 0. The first-order valence-corrected chi connectivity index (χ1v) is 9.79. The maximum Gasteiger partial charge on any atom is 0.254 e. The first-order chi connectivity index (χ1) is 13.3. The van der Waals surface area contributed by atoms with Gasteiger partial charge in [-0.1, -0.05) is 78.9 Å². The van der Waals surface area contributed by atoms with Crippen molar-refractivity contribution in [3.63, 3.8) is 0 Å². The van der Waals surface area contributed by atoms with Crippen LogP contribution in [-0.2, 0) is 6.42 Å². The lowest BCUT2D eigenvalue weighted by Crippen LogP contribution is -2.39. The molecule has 2 heteroatoms. The zero-order chi connectivity index (χ0) is 18.5. The molecule has 1 saturated heterocycles. The minimum atomic E-state index is 0.160. The third-order valence-corrected chi connectivity index (χ3v) is 5.51. The predicted molar refractivity (Wildman–Crippen MR) is 111 cm³/mol. The normalized spacial score (nSPS) is 14.9. The van der Waals surface area contributed by atoms with Gasteiger partial charge in [-0.2, -0.15) is 0 Å². The van der Waals surface area contributed by atoms with Gasteiger partial charge in [0.1, 0.15) is 0 Å². The summed E-state index contributed by atoms with van der Waals surface area (Å²) in [6, 6.07) is 28.8. The van der Waals surface area contributed by atoms with E-state index in [0.717, 1.165) is 49.0 Å². The first kappa shape index (κ1) is 17.5. The molecule has 0 bridgehead atoms. The molecule has 4 rings (SSSR count). The fourth-order valence-electron chi connectivity index (χ4n) is 4.00. The van der Waals surface area contributed by atoms with Crippen molar-refractivity contribution in [2.75, 3.05) is 13.1 Å². The van der Waals surface area contributed by atoms with Gasteiger partial charge in [-0.3, -0.25) is 4.79 Å². The summed E-state index contributed by atoms with van der Waals surface area (Å²) in [6.07, 6.45) is 3.27. The van der Waals surface area contributed by atoms with Gasteiger partial charge in [0.15, 0.2) is 0 Å². The van der Waals surface area contributed by atoms with Crippen LogP contribution in [0.4, 0.5) is 0 Å². The van der Waals surface area contributed by atoms with Crippen LogP contribution in [0.1, 0.15) is 28.8 Å². The van der Waals surface area contributed by atoms with Crippen molar-refractivity contribution in [2.24, 2.45) is 5.92 Å². The molecule has 136 valence electrons. The molecular weight excluding hydrogens is 330 g/mol. The monoisotopic (exact) mass is 355 g/mol. The first-order valence-electron chi connectivity index (χ1n) is 9.79. The third kappa shape index (κ3) is 4.11. The average Bonchev–Trinajstić information content (AvgIpc) is 2.75. The number of amides is 1. The number of hydrogen-bond acceptors (Lipinski definition) is 1. The fraction of sp³-hybridized carbons (Fsp3) is 0.240. The van der Waals surface area contributed by atoms with Crippen LogP contribution in [0.5, 0.6) is 0 Å². The highest BCUT2D eigenvalue weighted by molar-refractivity contribution is 6.00. The summed E-state index contributed by atoms with van der Waals surface area (Å²) in [5, 5.41) is 0. The lowest BCUT2D eigenvalue weighted by atomic mass is 9.89. The lowest BCUT2D eigenvalue weighted by molar-refractivity contribution is 0.0691. The van der Waals surface area contributed by atoms with E-state index in [1.165, 1.54) is 5.56 Å². The van der Waals surface area contributed by atoms with Crippen molar-refractivity contribution < 1.29 is 4.79 Å². The van der Waals surface area contributed by atoms with E-state index in [1.54, 1.807) is 0 Å². The number of carbonyl (C=O) groups is 1. The van der Waals surface area contributed by atoms with Crippen molar-refractivity contribution in [2.45, 2.75) is 19.3 Å². The Morgan fingerprint density at radius 3 is 2.07 bits per heavy atom. The number of benzene rings is 3. The Morgan fingerprint density at radius 2 is 1.37 bits per heavy atom. The van der Waals surface area contributed by atoms with Crippen LogP contribution >= 0.6 is 0 Å². The highest BCUT2D eigenvalue weighted by atomic mass is 16.2. The van der Waals surface area contributed by atoms with E-state index < -0.39 is 0 Å². The molecule has 0 radical (unpaired) electrons. The standard InChI is InChI=1S/C25H25NO/c27-25(24-14-8-7-13-23(24)22-11-5-2-6-12-22)26-17-15-21(16-18-26)19-20-9-3-1-4-10-20/h1-14,21H,15-19H2. The number of carbonyl (C=O) groups excluding carboxylic acids is 1. The Balaban J connectivity index is 1.44.